The van der Waals surface area contributed by atoms with E-state index in [1.54, 1.807) is 6.07 Å². The minimum Gasteiger partial charge on any atom is -0.493 e. The van der Waals surface area contributed by atoms with E-state index in [0.29, 0.717) is 12.0 Å². The summed E-state index contributed by atoms with van der Waals surface area (Å²) in [4.78, 5) is 0. The summed E-state index contributed by atoms with van der Waals surface area (Å²) in [5, 5.41) is 13.3. The Morgan fingerprint density at radius 2 is 2.27 bits per heavy atom. The largest absolute Gasteiger partial charge is 0.493 e. The third-order valence-electron chi connectivity index (χ3n) is 2.60. The molecule has 3 rings (SSSR count). The molecule has 2 heterocycles. The number of benzene rings is 1. The van der Waals surface area contributed by atoms with Crippen LogP contribution in [0.3, 0.4) is 0 Å². The van der Waals surface area contributed by atoms with E-state index in [2.05, 4.69) is 5.16 Å². The number of hydrogen-bond acceptors (Lipinski definition) is 4. The predicted molar refractivity (Wildman–Crippen MR) is 52.8 cm³/mol. The third kappa shape index (κ3) is 1.18. The first-order valence-corrected chi connectivity index (χ1v) is 4.74. The Hall–Kier alpha value is -1.97. The summed E-state index contributed by atoms with van der Waals surface area (Å²) in [6.45, 7) is 0.706. The zero-order valence-corrected chi connectivity index (χ0v) is 7.93. The highest BCUT2D eigenvalue weighted by Crippen LogP contribution is 2.28. The van der Waals surface area contributed by atoms with E-state index in [-0.39, 0.29) is 0 Å². The quantitative estimate of drug-likeness (QED) is 0.523. The maximum absolute atomic E-state index is 8.83. The van der Waals surface area contributed by atoms with Crippen LogP contribution in [0.15, 0.2) is 34.0 Å². The molecule has 0 spiro atoms. The summed E-state index contributed by atoms with van der Waals surface area (Å²) in [6.07, 6.45) is 2.42. The highest BCUT2D eigenvalue weighted by molar-refractivity contribution is 5.79. The zero-order chi connectivity index (χ0) is 10.3. The van der Waals surface area contributed by atoms with Crippen molar-refractivity contribution < 1.29 is 14.4 Å². The van der Waals surface area contributed by atoms with Gasteiger partial charge in [-0.1, -0.05) is 5.16 Å². The van der Waals surface area contributed by atoms with E-state index >= 15 is 0 Å². The van der Waals surface area contributed by atoms with Crippen molar-refractivity contribution in [2.75, 3.05) is 6.61 Å². The van der Waals surface area contributed by atoms with Gasteiger partial charge in [-0.25, -0.2) is 0 Å². The highest BCUT2D eigenvalue weighted by atomic mass is 16.5. The van der Waals surface area contributed by atoms with E-state index in [4.69, 9.17) is 14.4 Å². The van der Waals surface area contributed by atoms with Gasteiger partial charge in [0.1, 0.15) is 16.7 Å². The van der Waals surface area contributed by atoms with Crippen LogP contribution in [0.4, 0.5) is 0 Å². The van der Waals surface area contributed by atoms with Gasteiger partial charge >= 0.3 is 0 Å². The summed E-state index contributed by atoms with van der Waals surface area (Å²) < 4.78 is 10.8. The molecule has 0 fully saturated rings. The topological polar surface area (TPSA) is 55.0 Å². The lowest BCUT2D eigenvalue weighted by atomic mass is 10.1. The van der Waals surface area contributed by atoms with Gasteiger partial charge < -0.3 is 14.4 Å². The number of ether oxygens (including phenoxy) is 1. The van der Waals surface area contributed by atoms with Crippen LogP contribution in [0.25, 0.3) is 11.0 Å². The second-order valence-electron chi connectivity index (χ2n) is 3.46. The molecule has 1 aromatic carbocycles. The highest BCUT2D eigenvalue weighted by Gasteiger charge is 2.14. The van der Waals surface area contributed by atoms with Gasteiger partial charge in [0.05, 0.1) is 18.3 Å². The van der Waals surface area contributed by atoms with E-state index < -0.39 is 0 Å². The number of hydrogen-bond donors (Lipinski definition) is 1. The van der Waals surface area contributed by atoms with Gasteiger partial charge in [0.15, 0.2) is 0 Å². The van der Waals surface area contributed by atoms with Gasteiger partial charge in [0, 0.05) is 18.1 Å². The molecule has 0 unspecified atom stereocenters. The zero-order valence-electron chi connectivity index (χ0n) is 7.93. The second-order valence-corrected chi connectivity index (χ2v) is 3.46. The van der Waals surface area contributed by atoms with Crippen LogP contribution in [0.1, 0.15) is 5.56 Å². The average molecular weight is 203 g/mol. The SMILES string of the molecule is ON=c1ccoc2cc3c(cc12)OCC3. The number of rotatable bonds is 0. The van der Waals surface area contributed by atoms with Gasteiger partial charge in [-0.05, 0) is 12.1 Å². The fourth-order valence-electron chi connectivity index (χ4n) is 1.85. The molecule has 0 radical (unpaired) electrons. The summed E-state index contributed by atoms with van der Waals surface area (Å²) in [7, 11) is 0. The third-order valence-corrected chi connectivity index (χ3v) is 2.60. The molecular weight excluding hydrogens is 194 g/mol. The van der Waals surface area contributed by atoms with Crippen molar-refractivity contribution in [2.24, 2.45) is 5.16 Å². The molecule has 2 aromatic rings. The first-order chi connectivity index (χ1) is 7.38. The lowest BCUT2D eigenvalue weighted by molar-refractivity contribution is 0.302. The smallest absolute Gasteiger partial charge is 0.136 e. The fraction of sp³-hybridized carbons (Fsp3) is 0.182. The maximum Gasteiger partial charge on any atom is 0.136 e. The minimum atomic E-state index is 0.495. The van der Waals surface area contributed by atoms with Crippen molar-refractivity contribution in [3.8, 4) is 5.75 Å². The van der Waals surface area contributed by atoms with Gasteiger partial charge in [-0.15, -0.1) is 0 Å². The molecule has 1 aromatic heterocycles. The molecule has 0 bridgehead atoms. The Labute approximate surface area is 85.4 Å². The molecule has 15 heavy (non-hydrogen) atoms. The van der Waals surface area contributed by atoms with Crippen LogP contribution in [-0.4, -0.2) is 11.8 Å². The Morgan fingerprint density at radius 3 is 3.13 bits per heavy atom. The summed E-state index contributed by atoms with van der Waals surface area (Å²) in [5.41, 5.74) is 1.86. The molecule has 4 heteroatoms. The normalized spacial score (nSPS) is 15.3. The molecule has 0 saturated carbocycles. The standard InChI is InChI=1S/C11H9NO3/c13-12-9-2-4-15-11-5-7-1-3-14-10(7)6-8(9)11/h2,4-6,13H,1,3H2. The number of fused-ring (bicyclic) bond motifs is 2. The Balaban J connectivity index is 2.43. The van der Waals surface area contributed by atoms with Crippen LogP contribution in [-0.2, 0) is 6.42 Å². The van der Waals surface area contributed by atoms with Crippen LogP contribution in [0.5, 0.6) is 5.75 Å². The summed E-state index contributed by atoms with van der Waals surface area (Å²) in [6, 6.07) is 5.41. The molecular formula is C11H9NO3. The van der Waals surface area contributed by atoms with Crippen LogP contribution < -0.4 is 10.1 Å². The molecule has 1 aliphatic heterocycles. The van der Waals surface area contributed by atoms with E-state index in [0.717, 1.165) is 28.7 Å². The first-order valence-electron chi connectivity index (χ1n) is 4.74. The lowest BCUT2D eigenvalue weighted by Gasteiger charge is -2.01. The Bertz CT molecular complexity index is 586. The Morgan fingerprint density at radius 1 is 1.33 bits per heavy atom. The minimum absolute atomic E-state index is 0.495. The molecule has 1 aliphatic rings. The Kier molecular flexibility index (Phi) is 1.68. The van der Waals surface area contributed by atoms with Crippen molar-refractivity contribution in [1.29, 1.82) is 0 Å². The van der Waals surface area contributed by atoms with Crippen molar-refractivity contribution in [3.05, 3.63) is 35.4 Å². The molecule has 76 valence electrons. The van der Waals surface area contributed by atoms with Gasteiger partial charge in [0.25, 0.3) is 0 Å². The monoisotopic (exact) mass is 203 g/mol. The number of nitrogens with zero attached hydrogens (tertiary/aromatic N) is 1. The summed E-state index contributed by atoms with van der Waals surface area (Å²) in [5.74, 6) is 0.855. The second kappa shape index (κ2) is 3.02. The summed E-state index contributed by atoms with van der Waals surface area (Å²) >= 11 is 0. The molecule has 0 amide bonds. The van der Waals surface area contributed by atoms with Gasteiger partial charge in [-0.2, -0.15) is 0 Å². The molecule has 0 atom stereocenters. The van der Waals surface area contributed by atoms with Gasteiger partial charge in [0.2, 0.25) is 0 Å². The molecule has 0 saturated heterocycles. The molecule has 4 nitrogen and oxygen atoms in total. The van der Waals surface area contributed by atoms with Crippen molar-refractivity contribution >= 4 is 11.0 Å². The maximum atomic E-state index is 8.83. The van der Waals surface area contributed by atoms with E-state index in [1.165, 1.54) is 6.26 Å². The molecule has 1 N–H and O–H groups in total. The van der Waals surface area contributed by atoms with Crippen LogP contribution >= 0.6 is 0 Å². The average Bonchev–Trinajstić information content (AvgIpc) is 2.72. The van der Waals surface area contributed by atoms with E-state index in [1.807, 2.05) is 12.1 Å². The first kappa shape index (κ1) is 8.35. The fourth-order valence-corrected chi connectivity index (χ4v) is 1.85. The van der Waals surface area contributed by atoms with Crippen LogP contribution in [0.2, 0.25) is 0 Å². The van der Waals surface area contributed by atoms with Crippen LogP contribution in [0, 0.1) is 0 Å². The van der Waals surface area contributed by atoms with Gasteiger partial charge in [-0.3, -0.25) is 0 Å². The van der Waals surface area contributed by atoms with Crippen molar-refractivity contribution in [3.63, 3.8) is 0 Å². The van der Waals surface area contributed by atoms with E-state index in [9.17, 15) is 0 Å². The van der Waals surface area contributed by atoms with Crippen molar-refractivity contribution in [1.82, 2.24) is 0 Å². The van der Waals surface area contributed by atoms with Crippen molar-refractivity contribution in [2.45, 2.75) is 6.42 Å². The molecule has 0 aliphatic carbocycles. The predicted octanol–water partition coefficient (Wildman–Crippen LogP) is 1.66. The lowest BCUT2D eigenvalue weighted by Crippen LogP contribution is -2.01.